The maximum Gasteiger partial charge on any atom is 0.412 e. The average Bonchev–Trinajstić information content (AvgIpc) is 3.04. The number of ether oxygens (including phenoxy) is 1. The minimum Gasteiger partial charge on any atom is -0.410 e. The Hall–Kier alpha value is -3.08. The predicted molar refractivity (Wildman–Crippen MR) is 86.0 cm³/mol. The van der Waals surface area contributed by atoms with Gasteiger partial charge in [-0.2, -0.15) is 0 Å². The molecule has 23 heavy (non-hydrogen) atoms. The highest BCUT2D eigenvalue weighted by Gasteiger charge is 2.09. The Labute approximate surface area is 133 Å². The van der Waals surface area contributed by atoms with Crippen LogP contribution < -0.4 is 10.1 Å². The summed E-state index contributed by atoms with van der Waals surface area (Å²) in [6, 6.07) is 18.7. The van der Waals surface area contributed by atoms with Gasteiger partial charge in [0.1, 0.15) is 11.4 Å². The van der Waals surface area contributed by atoms with Crippen LogP contribution in [-0.4, -0.2) is 11.2 Å². The van der Waals surface area contributed by atoms with Gasteiger partial charge < -0.3 is 14.6 Å². The van der Waals surface area contributed by atoms with Crippen LogP contribution in [0.25, 0.3) is 11.3 Å². The molecule has 1 amide bonds. The Kier molecular flexibility index (Phi) is 4.38. The number of aryl methyl sites for hydroxylation is 1. The van der Waals surface area contributed by atoms with Crippen molar-refractivity contribution in [2.24, 2.45) is 0 Å². The summed E-state index contributed by atoms with van der Waals surface area (Å²) in [6.07, 6.45) is -0.538. The fraction of sp³-hybridized carbons (Fsp3) is 0.111. The highest BCUT2D eigenvalue weighted by Crippen LogP contribution is 2.19. The highest BCUT2D eigenvalue weighted by atomic mass is 16.6. The summed E-state index contributed by atoms with van der Waals surface area (Å²) in [7, 11) is 0. The Bertz CT molecular complexity index is 780. The molecule has 1 N–H and O–H groups in total. The molecule has 1 heterocycles. The molecule has 0 unspecified atom stereocenters. The lowest BCUT2D eigenvalue weighted by Crippen LogP contribution is -2.26. The molecular formula is C18H16N2O3. The number of benzene rings is 2. The normalized spacial score (nSPS) is 10.3. The summed E-state index contributed by atoms with van der Waals surface area (Å²) in [4.78, 5) is 11.7. The minimum absolute atomic E-state index is 0.213. The lowest BCUT2D eigenvalue weighted by Gasteiger charge is -2.04. The number of amides is 1. The fourth-order valence-corrected chi connectivity index (χ4v) is 2.05. The predicted octanol–water partition coefficient (Wildman–Crippen LogP) is 3.94. The molecule has 0 bridgehead atoms. The molecule has 3 aromatic rings. The Morgan fingerprint density at radius 3 is 2.61 bits per heavy atom. The van der Waals surface area contributed by atoms with E-state index in [0.29, 0.717) is 11.5 Å². The van der Waals surface area contributed by atoms with Crippen LogP contribution >= 0.6 is 0 Å². The summed E-state index contributed by atoms with van der Waals surface area (Å²) >= 11 is 0. The van der Waals surface area contributed by atoms with Crippen molar-refractivity contribution in [2.75, 3.05) is 0 Å². The van der Waals surface area contributed by atoms with Gasteiger partial charge in [-0.15, -0.1) is 0 Å². The monoisotopic (exact) mass is 308 g/mol. The van der Waals surface area contributed by atoms with Gasteiger partial charge in [0, 0.05) is 11.6 Å². The first-order valence-electron chi connectivity index (χ1n) is 7.24. The molecule has 0 aliphatic carbocycles. The van der Waals surface area contributed by atoms with E-state index in [1.54, 1.807) is 30.3 Å². The van der Waals surface area contributed by atoms with Gasteiger partial charge in [0.25, 0.3) is 0 Å². The average molecular weight is 308 g/mol. The van der Waals surface area contributed by atoms with Crippen molar-refractivity contribution in [3.8, 4) is 17.0 Å². The maximum absolute atomic E-state index is 11.7. The van der Waals surface area contributed by atoms with Crippen LogP contribution in [0.2, 0.25) is 0 Å². The van der Waals surface area contributed by atoms with Gasteiger partial charge in [-0.25, -0.2) is 4.79 Å². The molecule has 0 radical (unpaired) electrons. The number of carbonyl (C=O) groups excluding carboxylic acids is 1. The quantitative estimate of drug-likeness (QED) is 0.793. The van der Waals surface area contributed by atoms with Crippen molar-refractivity contribution in [3.63, 3.8) is 0 Å². The standard InChI is InChI=1S/C18H16N2O3/c1-13-7-9-14(10-8-13)17-11-16(23-20-17)12-19-18(21)22-15-5-3-2-4-6-15/h2-11H,12H2,1H3,(H,19,21). The molecule has 3 rings (SSSR count). The summed E-state index contributed by atoms with van der Waals surface area (Å²) < 4.78 is 10.4. The van der Waals surface area contributed by atoms with Crippen molar-refractivity contribution in [2.45, 2.75) is 13.5 Å². The molecule has 5 nitrogen and oxygen atoms in total. The van der Waals surface area contributed by atoms with E-state index in [0.717, 1.165) is 11.3 Å². The molecule has 0 saturated carbocycles. The molecule has 0 fully saturated rings. The smallest absolute Gasteiger partial charge is 0.410 e. The zero-order valence-electron chi connectivity index (χ0n) is 12.7. The van der Waals surface area contributed by atoms with Gasteiger partial charge in [-0.1, -0.05) is 53.2 Å². The second kappa shape index (κ2) is 6.79. The van der Waals surface area contributed by atoms with Crippen LogP contribution in [0.5, 0.6) is 5.75 Å². The zero-order valence-corrected chi connectivity index (χ0v) is 12.7. The Morgan fingerprint density at radius 1 is 1.13 bits per heavy atom. The largest absolute Gasteiger partial charge is 0.412 e. The van der Waals surface area contributed by atoms with E-state index < -0.39 is 6.09 Å². The number of nitrogens with one attached hydrogen (secondary N) is 1. The number of rotatable bonds is 4. The van der Waals surface area contributed by atoms with Gasteiger partial charge >= 0.3 is 6.09 Å². The molecule has 0 atom stereocenters. The van der Waals surface area contributed by atoms with E-state index in [9.17, 15) is 4.79 Å². The first-order valence-corrected chi connectivity index (χ1v) is 7.24. The molecule has 2 aromatic carbocycles. The third-order valence-corrected chi connectivity index (χ3v) is 3.27. The van der Waals surface area contributed by atoms with Gasteiger partial charge in [-0.05, 0) is 19.1 Å². The van der Waals surface area contributed by atoms with Crippen molar-refractivity contribution >= 4 is 6.09 Å². The topological polar surface area (TPSA) is 64.4 Å². The third kappa shape index (κ3) is 3.97. The summed E-state index contributed by atoms with van der Waals surface area (Å²) in [6.45, 7) is 2.24. The number of carbonyl (C=O) groups is 1. The summed E-state index contributed by atoms with van der Waals surface area (Å²) in [5.41, 5.74) is 2.89. The second-order valence-corrected chi connectivity index (χ2v) is 5.10. The minimum atomic E-state index is -0.538. The van der Waals surface area contributed by atoms with Crippen LogP contribution in [0.3, 0.4) is 0 Å². The van der Waals surface area contributed by atoms with Crippen molar-refractivity contribution in [3.05, 3.63) is 72.0 Å². The number of hydrogen-bond donors (Lipinski definition) is 1. The van der Waals surface area contributed by atoms with Crippen molar-refractivity contribution in [1.82, 2.24) is 10.5 Å². The first kappa shape index (κ1) is 14.8. The molecular weight excluding hydrogens is 292 g/mol. The van der Waals surface area contributed by atoms with Gasteiger partial charge in [0.15, 0.2) is 5.76 Å². The van der Waals surface area contributed by atoms with Crippen LogP contribution in [-0.2, 0) is 6.54 Å². The molecule has 0 saturated heterocycles. The van der Waals surface area contributed by atoms with Crippen LogP contribution in [0.4, 0.5) is 4.79 Å². The molecule has 116 valence electrons. The lowest BCUT2D eigenvalue weighted by atomic mass is 10.1. The van der Waals surface area contributed by atoms with E-state index >= 15 is 0 Å². The molecule has 0 spiro atoms. The molecule has 5 heteroatoms. The Morgan fingerprint density at radius 2 is 1.87 bits per heavy atom. The van der Waals surface area contributed by atoms with Gasteiger partial charge in [0.05, 0.1) is 6.54 Å². The van der Waals surface area contributed by atoms with Crippen molar-refractivity contribution in [1.29, 1.82) is 0 Å². The Balaban J connectivity index is 1.57. The van der Waals surface area contributed by atoms with Crippen LogP contribution in [0.1, 0.15) is 11.3 Å². The maximum atomic E-state index is 11.7. The van der Waals surface area contributed by atoms with Crippen molar-refractivity contribution < 1.29 is 14.1 Å². The van der Waals surface area contributed by atoms with Gasteiger partial charge in [-0.3, -0.25) is 0 Å². The molecule has 1 aromatic heterocycles. The van der Waals surface area contributed by atoms with E-state index in [-0.39, 0.29) is 6.54 Å². The van der Waals surface area contributed by atoms with E-state index in [4.69, 9.17) is 9.26 Å². The molecule has 0 aliphatic rings. The number of para-hydroxylation sites is 1. The summed E-state index contributed by atoms with van der Waals surface area (Å²) in [5, 5.41) is 6.64. The first-order chi connectivity index (χ1) is 11.2. The van der Waals surface area contributed by atoms with Crippen LogP contribution in [0, 0.1) is 6.92 Å². The second-order valence-electron chi connectivity index (χ2n) is 5.10. The van der Waals surface area contributed by atoms with E-state index in [1.165, 1.54) is 5.56 Å². The number of aromatic nitrogens is 1. The number of nitrogens with zero attached hydrogens (tertiary/aromatic N) is 1. The highest BCUT2D eigenvalue weighted by molar-refractivity contribution is 5.70. The summed E-state index contributed by atoms with van der Waals surface area (Å²) in [5.74, 6) is 1.05. The lowest BCUT2D eigenvalue weighted by molar-refractivity contribution is 0.198. The number of hydrogen-bond acceptors (Lipinski definition) is 4. The van der Waals surface area contributed by atoms with E-state index in [2.05, 4.69) is 10.5 Å². The zero-order chi connectivity index (χ0) is 16.1. The fourth-order valence-electron chi connectivity index (χ4n) is 2.05. The third-order valence-electron chi connectivity index (χ3n) is 3.27. The van der Waals surface area contributed by atoms with E-state index in [1.807, 2.05) is 37.3 Å². The molecule has 0 aliphatic heterocycles. The van der Waals surface area contributed by atoms with Gasteiger partial charge in [0.2, 0.25) is 0 Å². The SMILES string of the molecule is Cc1ccc(-c2cc(CNC(=O)Oc3ccccc3)on2)cc1. The van der Waals surface area contributed by atoms with Crippen LogP contribution in [0.15, 0.2) is 65.2 Å².